The van der Waals surface area contributed by atoms with Crippen LogP contribution in [0.25, 0.3) is 0 Å². The molecule has 7 nitrogen and oxygen atoms in total. The molecule has 1 rings (SSSR count). The molecule has 0 atom stereocenters. The molecule has 152 valence electrons. The van der Waals surface area contributed by atoms with Crippen LogP contribution in [0.2, 0.25) is 0 Å². The summed E-state index contributed by atoms with van der Waals surface area (Å²) in [5.41, 5.74) is 1.20. The van der Waals surface area contributed by atoms with Crippen molar-refractivity contribution in [2.45, 2.75) is 33.1 Å². The summed E-state index contributed by atoms with van der Waals surface area (Å²) in [7, 11) is 5.11. The van der Waals surface area contributed by atoms with Gasteiger partial charge in [-0.15, -0.1) is 0 Å². The number of methoxy groups -OCH3 is 1. The molecule has 0 bridgehead atoms. The molecule has 1 aromatic carbocycles. The van der Waals surface area contributed by atoms with Gasteiger partial charge in [-0.2, -0.15) is 0 Å². The molecule has 0 unspecified atom stereocenters. The van der Waals surface area contributed by atoms with Crippen molar-refractivity contribution in [1.82, 2.24) is 15.5 Å². The van der Waals surface area contributed by atoms with Crippen LogP contribution < -0.4 is 20.1 Å². The summed E-state index contributed by atoms with van der Waals surface area (Å²) in [4.78, 5) is 17.6. The quantitative estimate of drug-likeness (QED) is 0.350. The number of guanidine groups is 1. The predicted molar refractivity (Wildman–Crippen MR) is 110 cm³/mol. The number of nitrogens with one attached hydrogen (secondary N) is 2. The van der Waals surface area contributed by atoms with Crippen LogP contribution in [0.15, 0.2) is 23.2 Å². The molecule has 0 aliphatic heterocycles. The number of aliphatic imine (C=N–C) groups is 1. The van der Waals surface area contributed by atoms with Crippen molar-refractivity contribution in [1.29, 1.82) is 0 Å². The molecule has 2 N–H and O–H groups in total. The number of aryl methyl sites for hydroxylation is 1. The van der Waals surface area contributed by atoms with Crippen LogP contribution in [0, 0.1) is 0 Å². The summed E-state index contributed by atoms with van der Waals surface area (Å²) in [6.07, 6.45) is 2.84. The summed E-state index contributed by atoms with van der Waals surface area (Å²) >= 11 is 0. The van der Waals surface area contributed by atoms with Gasteiger partial charge in [-0.3, -0.25) is 4.79 Å². The lowest BCUT2D eigenvalue weighted by Crippen LogP contribution is -2.39. The topological polar surface area (TPSA) is 75.2 Å². The number of hydrogen-bond acceptors (Lipinski definition) is 4. The van der Waals surface area contributed by atoms with E-state index in [0.29, 0.717) is 12.6 Å². The Morgan fingerprint density at radius 1 is 1.15 bits per heavy atom. The van der Waals surface area contributed by atoms with Gasteiger partial charge >= 0.3 is 0 Å². The van der Waals surface area contributed by atoms with Crippen LogP contribution in [-0.2, 0) is 11.2 Å². The van der Waals surface area contributed by atoms with Crippen LogP contribution >= 0.6 is 0 Å². The first-order valence-electron chi connectivity index (χ1n) is 9.53. The Morgan fingerprint density at radius 3 is 2.52 bits per heavy atom. The van der Waals surface area contributed by atoms with E-state index in [-0.39, 0.29) is 12.5 Å². The lowest BCUT2D eigenvalue weighted by atomic mass is 10.1. The summed E-state index contributed by atoms with van der Waals surface area (Å²) < 4.78 is 10.9. The van der Waals surface area contributed by atoms with Crippen LogP contribution in [0.3, 0.4) is 0 Å². The minimum absolute atomic E-state index is 0.0192. The monoisotopic (exact) mass is 378 g/mol. The zero-order chi connectivity index (χ0) is 20.1. The van der Waals surface area contributed by atoms with Crippen LogP contribution in [-0.4, -0.2) is 64.2 Å². The molecule has 0 aromatic heterocycles. The number of carbonyl (C=O) groups is 1. The van der Waals surface area contributed by atoms with Gasteiger partial charge in [-0.1, -0.05) is 13.0 Å². The Labute approximate surface area is 163 Å². The number of ether oxygens (including phenoxy) is 2. The molecule has 1 amide bonds. The van der Waals surface area contributed by atoms with Crippen LogP contribution in [0.4, 0.5) is 0 Å². The van der Waals surface area contributed by atoms with E-state index in [4.69, 9.17) is 9.47 Å². The van der Waals surface area contributed by atoms with Crippen molar-refractivity contribution < 1.29 is 14.3 Å². The van der Waals surface area contributed by atoms with Gasteiger partial charge < -0.3 is 25.0 Å². The molecule has 0 spiro atoms. The fourth-order valence-electron chi connectivity index (χ4n) is 2.35. The first-order valence-corrected chi connectivity index (χ1v) is 9.53. The first kappa shape index (κ1) is 22.6. The third-order valence-electron chi connectivity index (χ3n) is 3.88. The van der Waals surface area contributed by atoms with Gasteiger partial charge in [0, 0.05) is 27.2 Å². The largest absolute Gasteiger partial charge is 0.493 e. The molecule has 0 aliphatic rings. The van der Waals surface area contributed by atoms with Crippen molar-refractivity contribution in [3.05, 3.63) is 23.8 Å². The Balaban J connectivity index is 2.53. The first-order chi connectivity index (χ1) is 13.0. The van der Waals surface area contributed by atoms with E-state index in [9.17, 15) is 4.79 Å². The number of benzene rings is 1. The standard InChI is InChI=1S/C20H34N4O3/c1-6-12-21-20(23-15-19(25)24(3)4)22-13-8-9-16-10-11-17(26-5)18(14-16)27-7-2/h10-11,14H,6-9,12-13,15H2,1-5H3,(H2,21,22,23). The molecule has 0 aliphatic carbocycles. The second-order valence-corrected chi connectivity index (χ2v) is 6.33. The molecule has 0 saturated carbocycles. The van der Waals surface area contributed by atoms with Crippen molar-refractivity contribution in [3.63, 3.8) is 0 Å². The highest BCUT2D eigenvalue weighted by Gasteiger charge is 2.06. The van der Waals surface area contributed by atoms with Gasteiger partial charge in [-0.05, 0) is 43.9 Å². The summed E-state index contributed by atoms with van der Waals surface area (Å²) in [6.45, 7) is 6.38. The normalized spacial score (nSPS) is 11.1. The van der Waals surface area contributed by atoms with Gasteiger partial charge in [0.05, 0.1) is 13.7 Å². The highest BCUT2D eigenvalue weighted by Crippen LogP contribution is 2.28. The maximum atomic E-state index is 11.7. The fraction of sp³-hybridized carbons (Fsp3) is 0.600. The van der Waals surface area contributed by atoms with Crippen molar-refractivity contribution in [2.24, 2.45) is 4.99 Å². The molecule has 0 heterocycles. The van der Waals surface area contributed by atoms with E-state index >= 15 is 0 Å². The Bertz CT molecular complexity index is 603. The third kappa shape index (κ3) is 8.66. The fourth-order valence-corrected chi connectivity index (χ4v) is 2.35. The molecule has 0 fully saturated rings. The SMILES string of the molecule is CCCNC(=NCC(=O)N(C)C)NCCCc1ccc(OC)c(OCC)c1. The Hall–Kier alpha value is -2.44. The predicted octanol–water partition coefficient (Wildman–Crippen LogP) is 2.06. The van der Waals surface area contributed by atoms with Crippen molar-refractivity contribution in [3.8, 4) is 11.5 Å². The molecular weight excluding hydrogens is 344 g/mol. The van der Waals surface area contributed by atoms with Gasteiger partial charge in [0.15, 0.2) is 17.5 Å². The van der Waals surface area contributed by atoms with Gasteiger partial charge in [0.2, 0.25) is 5.91 Å². The summed E-state index contributed by atoms with van der Waals surface area (Å²) in [5.74, 6) is 2.19. The smallest absolute Gasteiger partial charge is 0.243 e. The average molecular weight is 379 g/mol. The molecule has 27 heavy (non-hydrogen) atoms. The van der Waals surface area contributed by atoms with Gasteiger partial charge in [0.1, 0.15) is 6.54 Å². The van der Waals surface area contributed by atoms with Gasteiger partial charge in [0.25, 0.3) is 0 Å². The lowest BCUT2D eigenvalue weighted by Gasteiger charge is -2.14. The Morgan fingerprint density at radius 2 is 1.89 bits per heavy atom. The maximum Gasteiger partial charge on any atom is 0.243 e. The summed E-state index contributed by atoms with van der Waals surface area (Å²) in [6, 6.07) is 6.03. The molecular formula is C20H34N4O3. The number of amides is 1. The molecule has 7 heteroatoms. The van der Waals surface area contributed by atoms with E-state index in [1.165, 1.54) is 5.56 Å². The lowest BCUT2D eigenvalue weighted by molar-refractivity contribution is -0.127. The zero-order valence-electron chi connectivity index (χ0n) is 17.3. The average Bonchev–Trinajstić information content (AvgIpc) is 2.66. The van der Waals surface area contributed by atoms with Crippen LogP contribution in [0.5, 0.6) is 11.5 Å². The third-order valence-corrected chi connectivity index (χ3v) is 3.88. The van der Waals surface area contributed by atoms with E-state index in [1.54, 1.807) is 26.1 Å². The highest BCUT2D eigenvalue weighted by atomic mass is 16.5. The highest BCUT2D eigenvalue weighted by molar-refractivity contribution is 5.84. The zero-order valence-corrected chi connectivity index (χ0v) is 17.3. The van der Waals surface area contributed by atoms with Gasteiger partial charge in [-0.25, -0.2) is 4.99 Å². The van der Waals surface area contributed by atoms with Crippen molar-refractivity contribution >= 4 is 11.9 Å². The van der Waals surface area contributed by atoms with Crippen LogP contribution in [0.1, 0.15) is 32.3 Å². The van der Waals surface area contributed by atoms with E-state index < -0.39 is 0 Å². The number of hydrogen-bond donors (Lipinski definition) is 2. The number of likely N-dealkylation sites (N-methyl/N-ethyl adjacent to an activating group) is 1. The molecule has 0 saturated heterocycles. The Kier molecular flexibility index (Phi) is 10.7. The second-order valence-electron chi connectivity index (χ2n) is 6.33. The number of nitrogens with zero attached hydrogens (tertiary/aromatic N) is 2. The molecule has 0 radical (unpaired) electrons. The second kappa shape index (κ2) is 12.8. The minimum atomic E-state index is -0.0192. The summed E-state index contributed by atoms with van der Waals surface area (Å²) in [5, 5.41) is 6.53. The minimum Gasteiger partial charge on any atom is -0.493 e. The van der Waals surface area contributed by atoms with Crippen molar-refractivity contribution in [2.75, 3.05) is 47.4 Å². The van der Waals surface area contributed by atoms with E-state index in [1.807, 2.05) is 19.1 Å². The molecule has 1 aromatic rings. The van der Waals surface area contributed by atoms with E-state index in [0.717, 1.165) is 43.9 Å². The number of carbonyl (C=O) groups excluding carboxylic acids is 1. The number of rotatable bonds is 11. The maximum absolute atomic E-state index is 11.7. The van der Waals surface area contributed by atoms with E-state index in [2.05, 4.69) is 28.6 Å².